The number of carboxylic acids is 1. The number of nitrogens with one attached hydrogen (secondary N) is 1. The molecule has 0 unspecified atom stereocenters. The van der Waals surface area contributed by atoms with Crippen LogP contribution in [0.25, 0.3) is 0 Å². The monoisotopic (exact) mass is 519 g/mol. The van der Waals surface area contributed by atoms with Gasteiger partial charge in [0.15, 0.2) is 0 Å². The van der Waals surface area contributed by atoms with Gasteiger partial charge in [0, 0.05) is 0 Å². The molecule has 0 aromatic heterocycles. The van der Waals surface area contributed by atoms with Crippen molar-refractivity contribution >= 4 is 12.1 Å². The van der Waals surface area contributed by atoms with E-state index in [2.05, 4.69) is 64.7 Å². The first-order chi connectivity index (χ1) is 16.9. The predicted molar refractivity (Wildman–Crippen MR) is 148 cm³/mol. The number of carbonyl (C=O) groups is 2. The van der Waals surface area contributed by atoms with Gasteiger partial charge in [-0.3, -0.25) is 4.79 Å². The number of benzene rings is 1. The van der Waals surface area contributed by atoms with Crippen LogP contribution in [0.3, 0.4) is 0 Å². The lowest BCUT2D eigenvalue weighted by Gasteiger charge is -2.32. The highest BCUT2D eigenvalue weighted by Crippen LogP contribution is 2.34. The van der Waals surface area contributed by atoms with Gasteiger partial charge >= 0.3 is 12.1 Å². The largest absolute Gasteiger partial charge is 0.489 e. The van der Waals surface area contributed by atoms with Gasteiger partial charge in [0.05, 0.1) is 18.1 Å². The molecule has 0 aliphatic carbocycles. The van der Waals surface area contributed by atoms with Gasteiger partial charge in [0.2, 0.25) is 0 Å². The average Bonchev–Trinajstić information content (AvgIpc) is 2.74. The second kappa shape index (κ2) is 13.8. The van der Waals surface area contributed by atoms with Gasteiger partial charge in [0.25, 0.3) is 0 Å². The van der Waals surface area contributed by atoms with Crippen LogP contribution in [0.4, 0.5) is 4.79 Å². The summed E-state index contributed by atoms with van der Waals surface area (Å²) in [6.45, 7) is 21.7. The molecule has 3 N–H and O–H groups in total. The molecule has 0 saturated heterocycles. The number of carboxylic acid groups (broad SMARTS) is 1. The first-order valence-corrected chi connectivity index (χ1v) is 13.2. The molecule has 4 atom stereocenters. The van der Waals surface area contributed by atoms with Crippen molar-refractivity contribution in [3.8, 4) is 5.75 Å². The normalized spacial score (nSPS) is 15.4. The molecule has 7 nitrogen and oxygen atoms in total. The van der Waals surface area contributed by atoms with E-state index in [0.29, 0.717) is 19.4 Å². The molecule has 0 heterocycles. The summed E-state index contributed by atoms with van der Waals surface area (Å²) in [5.41, 5.74) is 1.43. The highest BCUT2D eigenvalue weighted by molar-refractivity contribution is 5.70. The average molecular weight is 520 g/mol. The van der Waals surface area contributed by atoms with Crippen molar-refractivity contribution in [1.82, 2.24) is 5.32 Å². The van der Waals surface area contributed by atoms with Crippen LogP contribution in [0.5, 0.6) is 5.75 Å². The molecule has 0 bridgehead atoms. The number of hydrogen-bond acceptors (Lipinski definition) is 5. The third kappa shape index (κ3) is 11.6. The highest BCUT2D eigenvalue weighted by Gasteiger charge is 2.31. The zero-order valence-corrected chi connectivity index (χ0v) is 24.3. The van der Waals surface area contributed by atoms with Crippen molar-refractivity contribution in [3.05, 3.63) is 42.0 Å². The van der Waals surface area contributed by atoms with Crippen LogP contribution in [0, 0.1) is 17.8 Å². The molecule has 1 aromatic rings. The van der Waals surface area contributed by atoms with Crippen molar-refractivity contribution in [1.29, 1.82) is 0 Å². The smallest absolute Gasteiger partial charge is 0.407 e. The van der Waals surface area contributed by atoms with Gasteiger partial charge in [-0.25, -0.2) is 4.79 Å². The Morgan fingerprint density at radius 1 is 1.08 bits per heavy atom. The minimum Gasteiger partial charge on any atom is -0.489 e. The lowest BCUT2D eigenvalue weighted by Crippen LogP contribution is -2.47. The first-order valence-electron chi connectivity index (χ1n) is 13.2. The molecule has 37 heavy (non-hydrogen) atoms. The fourth-order valence-corrected chi connectivity index (χ4v) is 4.20. The molecule has 1 rings (SSSR count). The molecule has 1 aromatic carbocycles. The summed E-state index contributed by atoms with van der Waals surface area (Å²) in [7, 11) is 0. The van der Waals surface area contributed by atoms with Crippen LogP contribution in [-0.4, -0.2) is 46.6 Å². The molecule has 7 heteroatoms. The van der Waals surface area contributed by atoms with Crippen molar-refractivity contribution < 1.29 is 29.3 Å². The summed E-state index contributed by atoms with van der Waals surface area (Å²) in [4.78, 5) is 24.0. The van der Waals surface area contributed by atoms with E-state index >= 15 is 0 Å². The first kappa shape index (κ1) is 32.5. The molecule has 0 radical (unpaired) electrons. The molecule has 0 spiro atoms. The quantitative estimate of drug-likeness (QED) is 0.271. The third-order valence-corrected chi connectivity index (χ3v) is 6.39. The Morgan fingerprint density at radius 2 is 1.70 bits per heavy atom. The Bertz CT molecular complexity index is 896. The number of alkyl carbamates (subject to hydrolysis) is 1. The minimum absolute atomic E-state index is 0.0282. The second-order valence-electron chi connectivity index (χ2n) is 12.4. The summed E-state index contributed by atoms with van der Waals surface area (Å²) < 4.78 is 11.4. The maximum absolute atomic E-state index is 12.6. The number of aliphatic hydroxyl groups is 1. The Kier molecular flexibility index (Phi) is 12.2. The van der Waals surface area contributed by atoms with E-state index in [9.17, 15) is 19.8 Å². The molecule has 0 aliphatic heterocycles. The lowest BCUT2D eigenvalue weighted by atomic mass is 9.80. The van der Waals surface area contributed by atoms with Gasteiger partial charge < -0.3 is 25.0 Å². The Labute approximate surface area is 223 Å². The standard InChI is InChI=1S/C30H49NO6/c1-11-14-36-26-17-21(12-13-23(26)29(5,6)7)16-22(19(2)3)18-24(25(32)15-20(4)27(33)34)31-28(35)37-30(8,9)10/h11-13,17,19-20,22,24-25,32H,1,14-16,18H2,2-10H3,(H,31,35)(H,33,34)/t20-,22+,24+,25+/m1/s1. The number of aliphatic hydroxyl groups excluding tert-OH is 1. The summed E-state index contributed by atoms with van der Waals surface area (Å²) in [6.07, 6.45) is 1.27. The Morgan fingerprint density at radius 3 is 2.19 bits per heavy atom. The van der Waals surface area contributed by atoms with Crippen LogP contribution in [0.1, 0.15) is 86.3 Å². The van der Waals surface area contributed by atoms with Crippen molar-refractivity contribution in [3.63, 3.8) is 0 Å². The SMILES string of the molecule is C=CCOc1cc(C[C@@H](C[C@H](NC(=O)OC(C)(C)C)[C@@H](O)C[C@@H](C)C(=O)O)C(C)C)ccc1C(C)(C)C. The van der Waals surface area contributed by atoms with Gasteiger partial charge in [-0.15, -0.1) is 0 Å². The molecule has 0 fully saturated rings. The summed E-state index contributed by atoms with van der Waals surface area (Å²) in [5.74, 6) is -0.563. The van der Waals surface area contributed by atoms with Crippen LogP contribution in [0.2, 0.25) is 0 Å². The lowest BCUT2D eigenvalue weighted by molar-refractivity contribution is -0.142. The number of hydrogen-bond donors (Lipinski definition) is 3. The maximum atomic E-state index is 12.6. The zero-order valence-electron chi connectivity index (χ0n) is 24.3. The van der Waals surface area contributed by atoms with E-state index in [1.165, 1.54) is 0 Å². The van der Waals surface area contributed by atoms with Gasteiger partial charge in [-0.05, 0) is 74.5 Å². The zero-order chi connectivity index (χ0) is 28.6. The summed E-state index contributed by atoms with van der Waals surface area (Å²) in [6, 6.07) is 5.62. The summed E-state index contributed by atoms with van der Waals surface area (Å²) >= 11 is 0. The second-order valence-corrected chi connectivity index (χ2v) is 12.4. The number of rotatable bonds is 13. The highest BCUT2D eigenvalue weighted by atomic mass is 16.6. The van der Waals surface area contributed by atoms with Crippen molar-refractivity contribution in [2.75, 3.05) is 6.61 Å². The number of aliphatic carboxylic acids is 1. The van der Waals surface area contributed by atoms with Crippen LogP contribution in [-0.2, 0) is 21.4 Å². The molecule has 0 aliphatic rings. The number of ether oxygens (including phenoxy) is 2. The maximum Gasteiger partial charge on any atom is 0.407 e. The molecule has 210 valence electrons. The van der Waals surface area contributed by atoms with Gasteiger partial charge in [-0.1, -0.05) is 66.3 Å². The minimum atomic E-state index is -1.03. The fraction of sp³-hybridized carbons (Fsp3) is 0.667. The van der Waals surface area contributed by atoms with Crippen molar-refractivity contribution in [2.24, 2.45) is 17.8 Å². The van der Waals surface area contributed by atoms with Gasteiger partial charge in [0.1, 0.15) is 18.0 Å². The fourth-order valence-electron chi connectivity index (χ4n) is 4.20. The van der Waals surface area contributed by atoms with E-state index in [0.717, 1.165) is 16.9 Å². The van der Waals surface area contributed by atoms with E-state index in [4.69, 9.17) is 9.47 Å². The Balaban J connectivity index is 3.23. The van der Waals surface area contributed by atoms with E-state index < -0.39 is 35.7 Å². The van der Waals surface area contributed by atoms with Crippen LogP contribution < -0.4 is 10.1 Å². The van der Waals surface area contributed by atoms with E-state index in [-0.39, 0.29) is 23.7 Å². The molecular weight excluding hydrogens is 470 g/mol. The molecule has 0 saturated carbocycles. The Hall–Kier alpha value is -2.54. The van der Waals surface area contributed by atoms with Crippen LogP contribution in [0.15, 0.2) is 30.9 Å². The number of carbonyl (C=O) groups excluding carboxylic acids is 1. The topological polar surface area (TPSA) is 105 Å². The van der Waals surface area contributed by atoms with Crippen LogP contribution >= 0.6 is 0 Å². The van der Waals surface area contributed by atoms with Crippen molar-refractivity contribution in [2.45, 2.75) is 105 Å². The van der Waals surface area contributed by atoms with E-state index in [1.54, 1.807) is 33.8 Å². The number of amides is 1. The molecular formula is C30H49NO6. The van der Waals surface area contributed by atoms with Gasteiger partial charge in [-0.2, -0.15) is 0 Å². The third-order valence-electron chi connectivity index (χ3n) is 6.39. The van der Waals surface area contributed by atoms with E-state index in [1.807, 2.05) is 0 Å². The summed E-state index contributed by atoms with van der Waals surface area (Å²) in [5, 5.41) is 23.1. The predicted octanol–water partition coefficient (Wildman–Crippen LogP) is 6.12. The molecule has 1 amide bonds.